The second kappa shape index (κ2) is 9.85. The molecule has 1 atom stereocenters. The molecule has 7 heteroatoms. The van der Waals surface area contributed by atoms with Gasteiger partial charge in [-0.2, -0.15) is 5.26 Å². The maximum absolute atomic E-state index is 12.1. The van der Waals surface area contributed by atoms with Crippen LogP contribution in [0.25, 0.3) is 0 Å². The van der Waals surface area contributed by atoms with Crippen LogP contribution >= 0.6 is 23.4 Å². The number of halogens is 1. The highest BCUT2D eigenvalue weighted by Crippen LogP contribution is 2.21. The molecule has 0 radical (unpaired) electrons. The van der Waals surface area contributed by atoms with Crippen molar-refractivity contribution in [1.29, 1.82) is 5.26 Å². The van der Waals surface area contributed by atoms with Gasteiger partial charge in [-0.1, -0.05) is 23.7 Å². The van der Waals surface area contributed by atoms with Crippen molar-refractivity contribution in [3.05, 3.63) is 59.1 Å². The Morgan fingerprint density at radius 2 is 1.92 bits per heavy atom. The first kappa shape index (κ1) is 19.8. The van der Waals surface area contributed by atoms with Gasteiger partial charge >= 0.3 is 5.97 Å². The minimum atomic E-state index is -0.949. The van der Waals surface area contributed by atoms with Crippen molar-refractivity contribution in [2.75, 3.05) is 11.1 Å². The van der Waals surface area contributed by atoms with E-state index in [4.69, 9.17) is 21.6 Å². The number of amides is 1. The summed E-state index contributed by atoms with van der Waals surface area (Å²) < 4.78 is 5.15. The highest BCUT2D eigenvalue weighted by molar-refractivity contribution is 7.99. The van der Waals surface area contributed by atoms with Crippen LogP contribution in [0.4, 0.5) is 5.69 Å². The second-order valence-electron chi connectivity index (χ2n) is 5.33. The van der Waals surface area contributed by atoms with E-state index < -0.39 is 18.0 Å². The molecule has 0 aliphatic rings. The molecule has 2 aromatic rings. The predicted molar refractivity (Wildman–Crippen MR) is 102 cm³/mol. The lowest BCUT2D eigenvalue weighted by Crippen LogP contribution is -2.30. The van der Waals surface area contributed by atoms with E-state index in [0.717, 1.165) is 4.90 Å². The minimum absolute atomic E-state index is 0.180. The molecule has 0 aliphatic carbocycles. The third-order valence-corrected chi connectivity index (χ3v) is 4.64. The van der Waals surface area contributed by atoms with Crippen LogP contribution in [0.1, 0.15) is 18.9 Å². The zero-order valence-corrected chi connectivity index (χ0v) is 15.6. The number of nitrogens with zero attached hydrogens (tertiary/aromatic N) is 1. The summed E-state index contributed by atoms with van der Waals surface area (Å²) in [6.45, 7) is 1.49. The van der Waals surface area contributed by atoms with Crippen molar-refractivity contribution >= 4 is 40.9 Å². The average molecular weight is 389 g/mol. The van der Waals surface area contributed by atoms with E-state index in [9.17, 15) is 9.59 Å². The number of benzene rings is 2. The number of carbonyl (C=O) groups excluding carboxylic acids is 2. The topological polar surface area (TPSA) is 79.2 Å². The molecule has 0 saturated heterocycles. The molecule has 0 aromatic heterocycles. The number of thioether (sulfide) groups is 1. The molecule has 0 heterocycles. The molecule has 0 fully saturated rings. The fourth-order valence-corrected chi connectivity index (χ4v) is 2.98. The van der Waals surface area contributed by atoms with E-state index >= 15 is 0 Å². The monoisotopic (exact) mass is 388 g/mol. The first-order valence-electron chi connectivity index (χ1n) is 7.87. The summed E-state index contributed by atoms with van der Waals surface area (Å²) in [7, 11) is 0. The number of rotatable bonds is 7. The summed E-state index contributed by atoms with van der Waals surface area (Å²) in [6.07, 6.45) is -0.769. The lowest BCUT2D eigenvalue weighted by atomic mass is 10.2. The molecule has 1 N–H and O–H groups in total. The fourth-order valence-electron chi connectivity index (χ4n) is 2.02. The SMILES string of the molecule is CC(OC(=O)CCSc1ccc(Cl)cc1)C(=O)Nc1ccccc1C#N. The number of hydrogen-bond donors (Lipinski definition) is 1. The van der Waals surface area contributed by atoms with E-state index in [1.165, 1.54) is 18.7 Å². The summed E-state index contributed by atoms with van der Waals surface area (Å²) in [5.41, 5.74) is 0.736. The number of esters is 1. The van der Waals surface area contributed by atoms with Gasteiger partial charge in [0, 0.05) is 15.7 Å². The molecule has 1 amide bonds. The number of para-hydroxylation sites is 1. The molecule has 26 heavy (non-hydrogen) atoms. The van der Waals surface area contributed by atoms with Gasteiger partial charge in [0.15, 0.2) is 6.10 Å². The summed E-state index contributed by atoms with van der Waals surface area (Å²) in [6, 6.07) is 15.9. The van der Waals surface area contributed by atoms with Gasteiger partial charge in [-0.25, -0.2) is 0 Å². The smallest absolute Gasteiger partial charge is 0.307 e. The number of hydrogen-bond acceptors (Lipinski definition) is 5. The summed E-state index contributed by atoms with van der Waals surface area (Å²) in [4.78, 5) is 25.0. The molecule has 5 nitrogen and oxygen atoms in total. The number of nitriles is 1. The molecule has 0 bridgehead atoms. The summed E-state index contributed by atoms with van der Waals surface area (Å²) in [5, 5.41) is 12.3. The van der Waals surface area contributed by atoms with Crippen LogP contribution in [-0.4, -0.2) is 23.7 Å². The Morgan fingerprint density at radius 3 is 2.62 bits per heavy atom. The third kappa shape index (κ3) is 6.10. The van der Waals surface area contributed by atoms with E-state index in [1.54, 1.807) is 36.4 Å². The first-order chi connectivity index (χ1) is 12.5. The number of anilines is 1. The third-order valence-electron chi connectivity index (χ3n) is 3.37. The number of carbonyl (C=O) groups is 2. The van der Waals surface area contributed by atoms with Gasteiger partial charge in [0.2, 0.25) is 0 Å². The van der Waals surface area contributed by atoms with Gasteiger partial charge in [0.1, 0.15) is 6.07 Å². The lowest BCUT2D eigenvalue weighted by molar-refractivity contribution is -0.152. The molecule has 134 valence electrons. The second-order valence-corrected chi connectivity index (χ2v) is 6.94. The van der Waals surface area contributed by atoms with Crippen LogP contribution in [0.5, 0.6) is 0 Å². The quantitative estimate of drug-likeness (QED) is 0.566. The average Bonchev–Trinajstić information content (AvgIpc) is 2.63. The van der Waals surface area contributed by atoms with Crippen LogP contribution < -0.4 is 5.32 Å². The molecular weight excluding hydrogens is 372 g/mol. The Balaban J connectivity index is 1.78. The van der Waals surface area contributed by atoms with Crippen LogP contribution in [0.3, 0.4) is 0 Å². The standard InChI is InChI=1S/C19H17ClN2O3S/c1-13(19(24)22-17-5-3-2-4-14(17)12-21)25-18(23)10-11-26-16-8-6-15(20)7-9-16/h2-9,13H,10-11H2,1H3,(H,22,24). The maximum Gasteiger partial charge on any atom is 0.307 e. The normalized spacial score (nSPS) is 11.3. The summed E-state index contributed by atoms with van der Waals surface area (Å²) in [5.74, 6) is -0.402. The van der Waals surface area contributed by atoms with Crippen molar-refractivity contribution in [2.45, 2.75) is 24.3 Å². The Kier molecular flexibility index (Phi) is 7.52. The minimum Gasteiger partial charge on any atom is -0.453 e. The zero-order chi connectivity index (χ0) is 18.9. The van der Waals surface area contributed by atoms with Gasteiger partial charge in [-0.15, -0.1) is 11.8 Å². The van der Waals surface area contributed by atoms with Crippen molar-refractivity contribution in [1.82, 2.24) is 0 Å². The van der Waals surface area contributed by atoms with Gasteiger partial charge in [0.25, 0.3) is 5.91 Å². The van der Waals surface area contributed by atoms with Crippen molar-refractivity contribution in [3.8, 4) is 6.07 Å². The van der Waals surface area contributed by atoms with Gasteiger partial charge < -0.3 is 10.1 Å². The lowest BCUT2D eigenvalue weighted by Gasteiger charge is -2.14. The Bertz CT molecular complexity index is 818. The molecule has 2 rings (SSSR count). The van der Waals surface area contributed by atoms with Crippen LogP contribution in [0, 0.1) is 11.3 Å². The van der Waals surface area contributed by atoms with Gasteiger partial charge in [0.05, 0.1) is 17.7 Å². The Hall–Kier alpha value is -2.49. The fraction of sp³-hybridized carbons (Fsp3) is 0.211. The largest absolute Gasteiger partial charge is 0.453 e. The van der Waals surface area contributed by atoms with Gasteiger partial charge in [-0.05, 0) is 43.3 Å². The van der Waals surface area contributed by atoms with E-state index in [0.29, 0.717) is 22.0 Å². The molecule has 0 spiro atoms. The van der Waals surface area contributed by atoms with Crippen molar-refractivity contribution < 1.29 is 14.3 Å². The van der Waals surface area contributed by atoms with E-state index in [1.807, 2.05) is 18.2 Å². The first-order valence-corrected chi connectivity index (χ1v) is 9.24. The number of nitrogens with one attached hydrogen (secondary N) is 1. The highest BCUT2D eigenvalue weighted by Gasteiger charge is 2.18. The Morgan fingerprint density at radius 1 is 1.23 bits per heavy atom. The van der Waals surface area contributed by atoms with E-state index in [2.05, 4.69) is 5.32 Å². The van der Waals surface area contributed by atoms with Gasteiger partial charge in [-0.3, -0.25) is 9.59 Å². The van der Waals surface area contributed by atoms with Crippen molar-refractivity contribution in [2.24, 2.45) is 0 Å². The van der Waals surface area contributed by atoms with Crippen LogP contribution in [-0.2, 0) is 14.3 Å². The summed E-state index contributed by atoms with van der Waals surface area (Å²) >= 11 is 7.33. The maximum atomic E-state index is 12.1. The Labute approximate surface area is 161 Å². The molecule has 2 aromatic carbocycles. The zero-order valence-electron chi connectivity index (χ0n) is 14.1. The molecule has 0 aliphatic heterocycles. The molecule has 0 saturated carbocycles. The molecular formula is C19H17ClN2O3S. The number of ether oxygens (including phenoxy) is 1. The molecule has 1 unspecified atom stereocenters. The van der Waals surface area contributed by atoms with Crippen LogP contribution in [0.15, 0.2) is 53.4 Å². The van der Waals surface area contributed by atoms with E-state index in [-0.39, 0.29) is 6.42 Å². The van der Waals surface area contributed by atoms with Crippen molar-refractivity contribution in [3.63, 3.8) is 0 Å². The highest BCUT2D eigenvalue weighted by atomic mass is 35.5. The predicted octanol–water partition coefficient (Wildman–Crippen LogP) is 4.26. The van der Waals surface area contributed by atoms with Crippen LogP contribution in [0.2, 0.25) is 5.02 Å².